The van der Waals surface area contributed by atoms with E-state index in [1.54, 1.807) is 25.7 Å². The van der Waals surface area contributed by atoms with Crippen LogP contribution in [0.15, 0.2) is 54.7 Å². The van der Waals surface area contributed by atoms with Crippen LogP contribution in [-0.2, 0) is 11.3 Å². The smallest absolute Gasteiger partial charge is 0.259 e. The summed E-state index contributed by atoms with van der Waals surface area (Å²) >= 11 is 0. The number of methoxy groups -OCH3 is 2. The van der Waals surface area contributed by atoms with Gasteiger partial charge in [0.2, 0.25) is 0 Å². The van der Waals surface area contributed by atoms with Crippen molar-refractivity contribution in [2.45, 2.75) is 13.5 Å². The van der Waals surface area contributed by atoms with Gasteiger partial charge < -0.3 is 14.8 Å². The third kappa shape index (κ3) is 3.97. The molecule has 158 valence electrons. The van der Waals surface area contributed by atoms with E-state index < -0.39 is 0 Å². The number of hydrogen-bond donors (Lipinski definition) is 1. The highest BCUT2D eigenvalue weighted by Gasteiger charge is 2.20. The van der Waals surface area contributed by atoms with Gasteiger partial charge in [0, 0.05) is 19.0 Å². The molecule has 0 atom stereocenters. The average Bonchev–Trinajstić information content (AvgIpc) is 3.15. The summed E-state index contributed by atoms with van der Waals surface area (Å²) in [7, 11) is 3.22. The second-order valence-electron chi connectivity index (χ2n) is 6.94. The summed E-state index contributed by atoms with van der Waals surface area (Å²) in [5.74, 6) is 0.0243. The molecule has 8 heteroatoms. The highest BCUT2D eigenvalue weighted by atomic mass is 19.1. The Morgan fingerprint density at radius 3 is 2.45 bits per heavy atom. The van der Waals surface area contributed by atoms with Gasteiger partial charge in [0.05, 0.1) is 36.2 Å². The number of carbonyl (C=O) groups is 1. The van der Waals surface area contributed by atoms with Crippen molar-refractivity contribution in [2.75, 3.05) is 19.5 Å². The summed E-state index contributed by atoms with van der Waals surface area (Å²) in [6.07, 6.45) is 1.52. The van der Waals surface area contributed by atoms with Gasteiger partial charge >= 0.3 is 0 Å². The van der Waals surface area contributed by atoms with E-state index in [1.165, 1.54) is 30.5 Å². The SMILES string of the molecule is COCc1nn2c(C)c(C(=O)Nc3ccc(F)cc3)cnc2c1-c1ccc(OC)cc1. The molecule has 4 aromatic rings. The maximum Gasteiger partial charge on any atom is 0.259 e. The molecule has 2 aromatic carbocycles. The number of amides is 1. The van der Waals surface area contributed by atoms with Gasteiger partial charge in [-0.25, -0.2) is 13.9 Å². The number of anilines is 1. The molecule has 0 aliphatic heterocycles. The minimum atomic E-state index is -0.370. The van der Waals surface area contributed by atoms with Crippen molar-refractivity contribution in [3.05, 3.63) is 77.5 Å². The average molecular weight is 420 g/mol. The molecule has 7 nitrogen and oxygen atoms in total. The standard InChI is InChI=1S/C23H21FN4O3/c1-14-19(23(29)26-17-8-6-16(24)7-9-17)12-25-22-21(20(13-30-2)27-28(14)22)15-4-10-18(31-3)11-5-15/h4-12H,13H2,1-3H3,(H,26,29). The van der Waals surface area contributed by atoms with Crippen LogP contribution in [-0.4, -0.2) is 34.7 Å². The van der Waals surface area contributed by atoms with Crippen LogP contribution >= 0.6 is 0 Å². The minimum absolute atomic E-state index is 0.293. The number of ether oxygens (including phenoxy) is 2. The van der Waals surface area contributed by atoms with Crippen LogP contribution in [0.3, 0.4) is 0 Å². The number of benzene rings is 2. The van der Waals surface area contributed by atoms with E-state index in [0.717, 1.165) is 16.9 Å². The van der Waals surface area contributed by atoms with Crippen LogP contribution < -0.4 is 10.1 Å². The number of carbonyl (C=O) groups excluding carboxylic acids is 1. The Morgan fingerprint density at radius 2 is 1.81 bits per heavy atom. The van der Waals surface area contributed by atoms with E-state index in [4.69, 9.17) is 9.47 Å². The lowest BCUT2D eigenvalue weighted by molar-refractivity contribution is 0.102. The summed E-state index contributed by atoms with van der Waals surface area (Å²) in [5, 5.41) is 7.41. The van der Waals surface area contributed by atoms with E-state index in [9.17, 15) is 9.18 Å². The minimum Gasteiger partial charge on any atom is -0.497 e. The fraction of sp³-hybridized carbons (Fsp3) is 0.174. The molecule has 1 amide bonds. The fourth-order valence-corrected chi connectivity index (χ4v) is 3.39. The van der Waals surface area contributed by atoms with Gasteiger partial charge in [-0.1, -0.05) is 12.1 Å². The zero-order valence-corrected chi connectivity index (χ0v) is 17.3. The summed E-state index contributed by atoms with van der Waals surface area (Å²) in [6.45, 7) is 2.09. The van der Waals surface area contributed by atoms with Crippen molar-refractivity contribution in [3.63, 3.8) is 0 Å². The Bertz CT molecular complexity index is 1230. The summed E-state index contributed by atoms with van der Waals surface area (Å²) in [4.78, 5) is 17.3. The molecule has 2 aromatic heterocycles. The van der Waals surface area contributed by atoms with E-state index in [1.807, 2.05) is 24.3 Å². The second-order valence-corrected chi connectivity index (χ2v) is 6.94. The maximum atomic E-state index is 13.1. The third-order valence-corrected chi connectivity index (χ3v) is 4.96. The van der Waals surface area contributed by atoms with Gasteiger partial charge in [-0.3, -0.25) is 4.79 Å². The molecule has 31 heavy (non-hydrogen) atoms. The van der Waals surface area contributed by atoms with Crippen molar-refractivity contribution in [1.29, 1.82) is 0 Å². The van der Waals surface area contributed by atoms with Crippen LogP contribution in [0.1, 0.15) is 21.7 Å². The Morgan fingerprint density at radius 1 is 1.10 bits per heavy atom. The molecule has 0 spiro atoms. The topological polar surface area (TPSA) is 77.8 Å². The van der Waals surface area contributed by atoms with Gasteiger partial charge in [0.25, 0.3) is 5.91 Å². The molecule has 0 aliphatic rings. The summed E-state index contributed by atoms with van der Waals surface area (Å²) < 4.78 is 25.3. The Kier molecular flexibility index (Phi) is 5.64. The van der Waals surface area contributed by atoms with Crippen LogP contribution in [0.5, 0.6) is 5.75 Å². The van der Waals surface area contributed by atoms with Gasteiger partial charge in [0.1, 0.15) is 11.6 Å². The van der Waals surface area contributed by atoms with Crippen molar-refractivity contribution < 1.29 is 18.7 Å². The zero-order valence-electron chi connectivity index (χ0n) is 17.3. The molecule has 0 fully saturated rings. The lowest BCUT2D eigenvalue weighted by Gasteiger charge is -2.09. The molecular weight excluding hydrogens is 399 g/mol. The number of nitrogens with zero attached hydrogens (tertiary/aromatic N) is 3. The molecule has 4 rings (SSSR count). The van der Waals surface area contributed by atoms with Gasteiger partial charge in [-0.15, -0.1) is 0 Å². The van der Waals surface area contributed by atoms with Gasteiger partial charge in [0.15, 0.2) is 5.65 Å². The molecule has 0 radical (unpaired) electrons. The Hall–Kier alpha value is -3.78. The number of nitrogens with one attached hydrogen (secondary N) is 1. The van der Waals surface area contributed by atoms with Crippen molar-refractivity contribution in [3.8, 4) is 16.9 Å². The van der Waals surface area contributed by atoms with Crippen LogP contribution in [0.25, 0.3) is 16.8 Å². The van der Waals surface area contributed by atoms with E-state index >= 15 is 0 Å². The monoisotopic (exact) mass is 420 g/mol. The third-order valence-electron chi connectivity index (χ3n) is 4.96. The zero-order chi connectivity index (χ0) is 22.0. The normalized spacial score (nSPS) is 11.0. The molecule has 0 saturated carbocycles. The summed E-state index contributed by atoms with van der Waals surface area (Å²) in [6, 6.07) is 13.2. The lowest BCUT2D eigenvalue weighted by Crippen LogP contribution is -2.16. The number of fused-ring (bicyclic) bond motifs is 1. The van der Waals surface area contributed by atoms with E-state index in [-0.39, 0.29) is 11.7 Å². The highest BCUT2D eigenvalue weighted by Crippen LogP contribution is 2.30. The van der Waals surface area contributed by atoms with E-state index in [0.29, 0.717) is 34.9 Å². The quantitative estimate of drug-likeness (QED) is 0.505. The Labute approximate surface area is 178 Å². The predicted octanol–water partition coefficient (Wildman–Crippen LogP) is 4.25. The van der Waals surface area contributed by atoms with Crippen molar-refractivity contribution in [2.24, 2.45) is 0 Å². The lowest BCUT2D eigenvalue weighted by atomic mass is 10.1. The molecular formula is C23H21FN4O3. The van der Waals surface area contributed by atoms with Crippen LogP contribution in [0.2, 0.25) is 0 Å². The first-order chi connectivity index (χ1) is 15.0. The first-order valence-corrected chi connectivity index (χ1v) is 9.59. The van der Waals surface area contributed by atoms with Gasteiger partial charge in [-0.2, -0.15) is 5.10 Å². The first kappa shape index (κ1) is 20.5. The van der Waals surface area contributed by atoms with E-state index in [2.05, 4.69) is 15.4 Å². The molecule has 0 aliphatic carbocycles. The predicted molar refractivity (Wildman–Crippen MR) is 115 cm³/mol. The van der Waals surface area contributed by atoms with Crippen molar-refractivity contribution >= 4 is 17.2 Å². The number of halogens is 1. The highest BCUT2D eigenvalue weighted by molar-refractivity contribution is 6.05. The number of rotatable bonds is 6. The summed E-state index contributed by atoms with van der Waals surface area (Å²) in [5.41, 5.74) is 4.56. The largest absolute Gasteiger partial charge is 0.497 e. The molecule has 0 unspecified atom stereocenters. The van der Waals surface area contributed by atoms with Crippen molar-refractivity contribution in [1.82, 2.24) is 14.6 Å². The second kappa shape index (κ2) is 8.53. The maximum absolute atomic E-state index is 13.1. The fourth-order valence-electron chi connectivity index (χ4n) is 3.39. The number of aryl methyl sites for hydroxylation is 1. The number of hydrogen-bond acceptors (Lipinski definition) is 5. The Balaban J connectivity index is 1.76. The van der Waals surface area contributed by atoms with Crippen LogP contribution in [0, 0.1) is 12.7 Å². The molecule has 1 N–H and O–H groups in total. The number of aromatic nitrogens is 3. The first-order valence-electron chi connectivity index (χ1n) is 9.59. The van der Waals surface area contributed by atoms with Crippen LogP contribution in [0.4, 0.5) is 10.1 Å². The van der Waals surface area contributed by atoms with Gasteiger partial charge in [-0.05, 0) is 48.9 Å². The molecule has 0 bridgehead atoms. The molecule has 0 saturated heterocycles. The molecule has 2 heterocycles.